The first kappa shape index (κ1) is 15.5. The van der Waals surface area contributed by atoms with E-state index in [0.717, 1.165) is 22.4 Å². The second-order valence-corrected chi connectivity index (χ2v) is 5.16. The Morgan fingerprint density at radius 1 is 1.10 bits per heavy atom. The Morgan fingerprint density at radius 2 is 1.86 bits per heavy atom. The van der Waals surface area contributed by atoms with E-state index in [9.17, 15) is 0 Å². The first-order chi connectivity index (χ1) is 10.2. The third-order valence-corrected chi connectivity index (χ3v) is 3.35. The lowest BCUT2D eigenvalue weighted by Crippen LogP contribution is -2.18. The molecule has 1 atom stereocenters. The molecule has 112 valence electrons. The predicted octanol–water partition coefficient (Wildman–Crippen LogP) is 3.47. The number of hydrogen-bond donors (Lipinski definition) is 1. The van der Waals surface area contributed by atoms with Gasteiger partial charge in [-0.15, -0.1) is 0 Å². The van der Waals surface area contributed by atoms with Crippen molar-refractivity contribution in [2.45, 2.75) is 33.2 Å². The minimum absolute atomic E-state index is 0.0167. The van der Waals surface area contributed by atoms with Crippen LogP contribution in [0.25, 0.3) is 0 Å². The Bertz CT molecular complexity index is 552. The van der Waals surface area contributed by atoms with Crippen molar-refractivity contribution in [2.75, 3.05) is 6.61 Å². The zero-order valence-corrected chi connectivity index (χ0v) is 12.6. The fraction of sp³-hybridized carbons (Fsp3) is 0.333. The van der Waals surface area contributed by atoms with Crippen LogP contribution >= 0.6 is 0 Å². The van der Waals surface area contributed by atoms with Crippen molar-refractivity contribution in [1.82, 2.24) is 0 Å². The second-order valence-electron chi connectivity index (χ2n) is 5.16. The van der Waals surface area contributed by atoms with Gasteiger partial charge in [-0.05, 0) is 42.7 Å². The topological polar surface area (TPSA) is 38.7 Å². The molecule has 2 aromatic carbocycles. The third-order valence-electron chi connectivity index (χ3n) is 3.35. The van der Waals surface area contributed by atoms with Gasteiger partial charge in [0.25, 0.3) is 0 Å². The third kappa shape index (κ3) is 4.88. The standard InChI is InChI=1S/C18H22O3/c1-14-10-18(9-8-17(14)11-19)21-12-15(2)20-13-16-6-4-3-5-7-16/h3-10,15,19H,11-13H2,1-2H3. The van der Waals surface area contributed by atoms with Gasteiger partial charge in [-0.25, -0.2) is 0 Å². The number of aryl methyl sites for hydroxylation is 1. The molecule has 0 spiro atoms. The maximum absolute atomic E-state index is 9.14. The normalized spacial score (nSPS) is 12.1. The smallest absolute Gasteiger partial charge is 0.119 e. The van der Waals surface area contributed by atoms with E-state index in [1.54, 1.807) is 0 Å². The van der Waals surface area contributed by atoms with Crippen molar-refractivity contribution in [3.63, 3.8) is 0 Å². The monoisotopic (exact) mass is 286 g/mol. The second kappa shape index (κ2) is 7.81. The summed E-state index contributed by atoms with van der Waals surface area (Å²) in [6.45, 7) is 5.12. The molecule has 1 N–H and O–H groups in total. The summed E-state index contributed by atoms with van der Waals surface area (Å²) in [4.78, 5) is 0. The lowest BCUT2D eigenvalue weighted by molar-refractivity contribution is 0.0214. The van der Waals surface area contributed by atoms with Gasteiger partial charge in [-0.2, -0.15) is 0 Å². The van der Waals surface area contributed by atoms with Crippen LogP contribution in [0.5, 0.6) is 5.75 Å². The van der Waals surface area contributed by atoms with Crippen molar-refractivity contribution in [2.24, 2.45) is 0 Å². The zero-order valence-electron chi connectivity index (χ0n) is 12.6. The average molecular weight is 286 g/mol. The lowest BCUT2D eigenvalue weighted by Gasteiger charge is -2.15. The van der Waals surface area contributed by atoms with Crippen LogP contribution in [0.3, 0.4) is 0 Å². The summed E-state index contributed by atoms with van der Waals surface area (Å²) >= 11 is 0. The first-order valence-corrected chi connectivity index (χ1v) is 7.17. The predicted molar refractivity (Wildman–Crippen MR) is 83.3 cm³/mol. The number of rotatable bonds is 7. The van der Waals surface area contributed by atoms with E-state index in [4.69, 9.17) is 14.6 Å². The number of benzene rings is 2. The highest BCUT2D eigenvalue weighted by Crippen LogP contribution is 2.17. The largest absolute Gasteiger partial charge is 0.491 e. The summed E-state index contributed by atoms with van der Waals surface area (Å²) in [5, 5.41) is 9.14. The van der Waals surface area contributed by atoms with Crippen LogP contribution in [0.15, 0.2) is 48.5 Å². The van der Waals surface area contributed by atoms with Crippen molar-refractivity contribution >= 4 is 0 Å². The minimum Gasteiger partial charge on any atom is -0.491 e. The van der Waals surface area contributed by atoms with E-state index >= 15 is 0 Å². The molecule has 0 aliphatic carbocycles. The highest BCUT2D eigenvalue weighted by atomic mass is 16.5. The Hall–Kier alpha value is -1.84. The molecule has 2 rings (SSSR count). The Balaban J connectivity index is 1.78. The Labute approximate surface area is 126 Å². The molecule has 0 aliphatic rings. The fourth-order valence-electron chi connectivity index (χ4n) is 2.01. The van der Waals surface area contributed by atoms with Gasteiger partial charge < -0.3 is 14.6 Å². The van der Waals surface area contributed by atoms with Gasteiger partial charge in [0.05, 0.1) is 19.3 Å². The fourth-order valence-corrected chi connectivity index (χ4v) is 2.01. The molecule has 0 aromatic heterocycles. The molecule has 0 heterocycles. The number of aliphatic hydroxyl groups excluding tert-OH is 1. The summed E-state index contributed by atoms with van der Waals surface area (Å²) in [5.41, 5.74) is 3.12. The van der Waals surface area contributed by atoms with Crippen molar-refractivity contribution in [3.05, 3.63) is 65.2 Å². The van der Waals surface area contributed by atoms with Gasteiger partial charge in [-0.1, -0.05) is 36.4 Å². The van der Waals surface area contributed by atoms with Gasteiger partial charge in [0.1, 0.15) is 12.4 Å². The summed E-state index contributed by atoms with van der Waals surface area (Å²) in [6.07, 6.45) is 0.0167. The van der Waals surface area contributed by atoms with E-state index in [2.05, 4.69) is 0 Å². The highest BCUT2D eigenvalue weighted by Gasteiger charge is 2.05. The van der Waals surface area contributed by atoms with E-state index in [1.807, 2.05) is 62.4 Å². The van der Waals surface area contributed by atoms with Crippen LogP contribution in [-0.2, 0) is 18.0 Å². The molecular formula is C18H22O3. The van der Waals surface area contributed by atoms with Crippen LogP contribution in [-0.4, -0.2) is 17.8 Å². The molecule has 3 nitrogen and oxygen atoms in total. The molecule has 0 bridgehead atoms. The van der Waals surface area contributed by atoms with Gasteiger partial charge in [-0.3, -0.25) is 0 Å². The molecule has 0 aliphatic heterocycles. The van der Waals surface area contributed by atoms with Crippen molar-refractivity contribution in [1.29, 1.82) is 0 Å². The van der Waals surface area contributed by atoms with Crippen molar-refractivity contribution in [3.8, 4) is 5.75 Å². The summed E-state index contributed by atoms with van der Waals surface area (Å²) in [7, 11) is 0. The SMILES string of the molecule is Cc1cc(OCC(C)OCc2ccccc2)ccc1CO. The summed E-state index contributed by atoms with van der Waals surface area (Å²) < 4.78 is 11.5. The maximum atomic E-state index is 9.14. The van der Waals surface area contributed by atoms with Crippen LogP contribution in [0, 0.1) is 6.92 Å². The first-order valence-electron chi connectivity index (χ1n) is 7.17. The summed E-state index contributed by atoms with van der Waals surface area (Å²) in [5.74, 6) is 0.805. The molecule has 2 aromatic rings. The van der Waals surface area contributed by atoms with E-state index < -0.39 is 0 Å². The average Bonchev–Trinajstić information content (AvgIpc) is 2.52. The molecular weight excluding hydrogens is 264 g/mol. The molecule has 0 radical (unpaired) electrons. The lowest BCUT2D eigenvalue weighted by atomic mass is 10.1. The van der Waals surface area contributed by atoms with Crippen LogP contribution in [0.4, 0.5) is 0 Å². The van der Waals surface area contributed by atoms with Gasteiger partial charge in [0.2, 0.25) is 0 Å². The maximum Gasteiger partial charge on any atom is 0.119 e. The van der Waals surface area contributed by atoms with E-state index in [0.29, 0.717) is 13.2 Å². The zero-order chi connectivity index (χ0) is 15.1. The summed E-state index contributed by atoms with van der Waals surface area (Å²) in [6, 6.07) is 15.8. The minimum atomic E-state index is 0.0167. The van der Waals surface area contributed by atoms with Crippen LogP contribution in [0.2, 0.25) is 0 Å². The molecule has 1 unspecified atom stereocenters. The van der Waals surface area contributed by atoms with Gasteiger partial charge >= 0.3 is 0 Å². The molecule has 0 amide bonds. The number of hydrogen-bond acceptors (Lipinski definition) is 3. The van der Waals surface area contributed by atoms with E-state index in [-0.39, 0.29) is 12.7 Å². The molecule has 0 saturated carbocycles. The van der Waals surface area contributed by atoms with Gasteiger partial charge in [0, 0.05) is 0 Å². The van der Waals surface area contributed by atoms with Crippen LogP contribution < -0.4 is 4.74 Å². The highest BCUT2D eigenvalue weighted by molar-refractivity contribution is 5.34. The molecule has 3 heteroatoms. The molecule has 21 heavy (non-hydrogen) atoms. The number of ether oxygens (including phenoxy) is 2. The quantitative estimate of drug-likeness (QED) is 0.847. The van der Waals surface area contributed by atoms with Crippen LogP contribution in [0.1, 0.15) is 23.6 Å². The Kier molecular flexibility index (Phi) is 5.78. The number of aliphatic hydroxyl groups is 1. The Morgan fingerprint density at radius 3 is 2.52 bits per heavy atom. The van der Waals surface area contributed by atoms with Crippen molar-refractivity contribution < 1.29 is 14.6 Å². The van der Waals surface area contributed by atoms with E-state index in [1.165, 1.54) is 0 Å². The molecule has 0 fully saturated rings. The molecule has 0 saturated heterocycles. The van der Waals surface area contributed by atoms with Gasteiger partial charge in [0.15, 0.2) is 0 Å².